The maximum Gasteiger partial charge on any atom is 0.264 e. The minimum atomic E-state index is -0.299. The number of hydrogen-bond acceptors (Lipinski definition) is 4. The van der Waals surface area contributed by atoms with Crippen molar-refractivity contribution in [2.24, 2.45) is 0 Å². The van der Waals surface area contributed by atoms with Crippen molar-refractivity contribution in [3.63, 3.8) is 0 Å². The van der Waals surface area contributed by atoms with Crippen LogP contribution in [-0.2, 0) is 11.3 Å². The van der Waals surface area contributed by atoms with E-state index in [0.29, 0.717) is 11.0 Å². The van der Waals surface area contributed by atoms with Gasteiger partial charge in [0.1, 0.15) is 18.3 Å². The van der Waals surface area contributed by atoms with Crippen LogP contribution in [0.25, 0.3) is 16.7 Å². The van der Waals surface area contributed by atoms with Crippen molar-refractivity contribution in [1.29, 1.82) is 0 Å². The molecule has 0 saturated carbocycles. The molecule has 0 radical (unpaired) electrons. The van der Waals surface area contributed by atoms with Gasteiger partial charge in [0.25, 0.3) is 5.56 Å². The quantitative estimate of drug-likeness (QED) is 0.568. The van der Waals surface area contributed by atoms with Crippen LogP contribution in [0.1, 0.15) is 22.3 Å². The first kappa shape index (κ1) is 19.6. The van der Waals surface area contributed by atoms with Crippen LogP contribution in [0.2, 0.25) is 0 Å². The predicted octanol–water partition coefficient (Wildman–Crippen LogP) is 3.45. The standard InChI is InChI=1S/C23H23N5O2/c1-14-8-9-20(16(3)10-14)28-22-18(11-25-28)23(30)27(13-24-22)12-21(29)26-19-7-5-6-15(2)17(19)4/h5-11,13H,12H2,1-4H3,(H,26,29). The summed E-state index contributed by atoms with van der Waals surface area (Å²) in [7, 11) is 0. The van der Waals surface area contributed by atoms with E-state index >= 15 is 0 Å². The number of nitrogens with one attached hydrogen (secondary N) is 1. The van der Waals surface area contributed by atoms with E-state index in [4.69, 9.17) is 0 Å². The number of aromatic nitrogens is 4. The summed E-state index contributed by atoms with van der Waals surface area (Å²) < 4.78 is 2.96. The Morgan fingerprint density at radius 3 is 2.63 bits per heavy atom. The molecule has 30 heavy (non-hydrogen) atoms. The van der Waals surface area contributed by atoms with Crippen LogP contribution in [0.5, 0.6) is 0 Å². The molecule has 2 heterocycles. The fourth-order valence-corrected chi connectivity index (χ4v) is 3.51. The van der Waals surface area contributed by atoms with Crippen molar-refractivity contribution in [2.75, 3.05) is 5.32 Å². The third-order valence-corrected chi connectivity index (χ3v) is 5.33. The second-order valence-electron chi connectivity index (χ2n) is 7.56. The second kappa shape index (κ2) is 7.59. The number of fused-ring (bicyclic) bond motifs is 1. The molecule has 2 aromatic carbocycles. The van der Waals surface area contributed by atoms with Gasteiger partial charge >= 0.3 is 0 Å². The molecule has 4 aromatic rings. The molecule has 152 valence electrons. The summed E-state index contributed by atoms with van der Waals surface area (Å²) in [6, 6.07) is 11.7. The highest BCUT2D eigenvalue weighted by Crippen LogP contribution is 2.19. The molecule has 0 bridgehead atoms. The molecule has 0 fully saturated rings. The average Bonchev–Trinajstić information content (AvgIpc) is 3.12. The maximum absolute atomic E-state index is 12.9. The summed E-state index contributed by atoms with van der Waals surface area (Å²) in [5, 5.41) is 7.61. The van der Waals surface area contributed by atoms with Crippen molar-refractivity contribution in [2.45, 2.75) is 34.2 Å². The molecular formula is C23H23N5O2. The summed E-state index contributed by atoms with van der Waals surface area (Å²) in [6.45, 7) is 7.84. The molecule has 0 spiro atoms. The number of amides is 1. The SMILES string of the molecule is Cc1ccc(-n2ncc3c(=O)n(CC(=O)Nc4cccc(C)c4C)cnc32)c(C)c1. The molecule has 0 unspecified atom stereocenters. The number of benzene rings is 2. The maximum atomic E-state index is 12.9. The molecular weight excluding hydrogens is 378 g/mol. The first-order chi connectivity index (χ1) is 14.3. The lowest BCUT2D eigenvalue weighted by molar-refractivity contribution is -0.116. The highest BCUT2D eigenvalue weighted by Gasteiger charge is 2.15. The van der Waals surface area contributed by atoms with Gasteiger partial charge in [-0.2, -0.15) is 5.10 Å². The Morgan fingerprint density at radius 1 is 1.07 bits per heavy atom. The summed E-state index contributed by atoms with van der Waals surface area (Å²) >= 11 is 0. The van der Waals surface area contributed by atoms with Crippen LogP contribution in [0.3, 0.4) is 0 Å². The number of nitrogens with zero attached hydrogens (tertiary/aromatic N) is 4. The van der Waals surface area contributed by atoms with E-state index in [2.05, 4.69) is 21.5 Å². The zero-order chi connectivity index (χ0) is 21.4. The van der Waals surface area contributed by atoms with Crippen LogP contribution in [-0.4, -0.2) is 25.2 Å². The van der Waals surface area contributed by atoms with Crippen LogP contribution >= 0.6 is 0 Å². The second-order valence-corrected chi connectivity index (χ2v) is 7.56. The zero-order valence-corrected chi connectivity index (χ0v) is 17.4. The third kappa shape index (κ3) is 3.50. The molecule has 7 nitrogen and oxygen atoms in total. The van der Waals surface area contributed by atoms with Gasteiger partial charge in [0, 0.05) is 5.69 Å². The van der Waals surface area contributed by atoms with E-state index in [9.17, 15) is 9.59 Å². The summed E-state index contributed by atoms with van der Waals surface area (Å²) in [5.41, 5.74) is 6.06. The van der Waals surface area contributed by atoms with Crippen molar-refractivity contribution < 1.29 is 4.79 Å². The lowest BCUT2D eigenvalue weighted by Gasteiger charge is -2.11. The van der Waals surface area contributed by atoms with Crippen molar-refractivity contribution in [1.82, 2.24) is 19.3 Å². The van der Waals surface area contributed by atoms with Crippen molar-refractivity contribution in [3.8, 4) is 5.69 Å². The fourth-order valence-electron chi connectivity index (χ4n) is 3.51. The van der Waals surface area contributed by atoms with Crippen LogP contribution in [0.15, 0.2) is 53.7 Å². The molecule has 0 aliphatic carbocycles. The van der Waals surface area contributed by atoms with E-state index in [0.717, 1.165) is 33.6 Å². The number of rotatable bonds is 4. The van der Waals surface area contributed by atoms with Crippen LogP contribution in [0.4, 0.5) is 5.69 Å². The molecule has 1 amide bonds. The number of hydrogen-bond donors (Lipinski definition) is 1. The zero-order valence-electron chi connectivity index (χ0n) is 17.4. The Morgan fingerprint density at radius 2 is 1.87 bits per heavy atom. The Hall–Kier alpha value is -3.74. The van der Waals surface area contributed by atoms with E-state index in [1.807, 2.05) is 58.0 Å². The fraction of sp³-hybridized carbons (Fsp3) is 0.217. The highest BCUT2D eigenvalue weighted by molar-refractivity contribution is 5.91. The number of aryl methyl sites for hydroxylation is 3. The number of carbonyl (C=O) groups is 1. The van der Waals surface area contributed by atoms with Crippen molar-refractivity contribution in [3.05, 3.63) is 81.5 Å². The molecule has 0 saturated heterocycles. The Kier molecular flexibility index (Phi) is 4.95. The van der Waals surface area contributed by atoms with Gasteiger partial charge < -0.3 is 5.32 Å². The minimum Gasteiger partial charge on any atom is -0.324 e. The molecule has 0 atom stereocenters. The molecule has 2 aromatic heterocycles. The van der Waals surface area contributed by atoms with E-state index in [1.165, 1.54) is 17.1 Å². The smallest absolute Gasteiger partial charge is 0.264 e. The van der Waals surface area contributed by atoms with Gasteiger partial charge in [-0.25, -0.2) is 9.67 Å². The van der Waals surface area contributed by atoms with Gasteiger partial charge in [-0.3, -0.25) is 14.2 Å². The van der Waals surface area contributed by atoms with Gasteiger partial charge in [-0.15, -0.1) is 0 Å². The van der Waals surface area contributed by atoms with Gasteiger partial charge in [0.2, 0.25) is 5.91 Å². The van der Waals surface area contributed by atoms with Crippen molar-refractivity contribution >= 4 is 22.6 Å². The Bertz CT molecular complexity index is 1330. The van der Waals surface area contributed by atoms with Crippen LogP contribution < -0.4 is 10.9 Å². The molecule has 0 aliphatic rings. The first-order valence-corrected chi connectivity index (χ1v) is 9.72. The van der Waals surface area contributed by atoms with E-state index in [1.54, 1.807) is 4.68 Å². The Labute approximate surface area is 174 Å². The van der Waals surface area contributed by atoms with Gasteiger partial charge in [0.05, 0.1) is 11.9 Å². The predicted molar refractivity (Wildman–Crippen MR) is 117 cm³/mol. The summed E-state index contributed by atoms with van der Waals surface area (Å²) in [4.78, 5) is 29.8. The van der Waals surface area contributed by atoms with E-state index in [-0.39, 0.29) is 18.0 Å². The lowest BCUT2D eigenvalue weighted by atomic mass is 10.1. The first-order valence-electron chi connectivity index (χ1n) is 9.72. The summed E-state index contributed by atoms with van der Waals surface area (Å²) in [6.07, 6.45) is 2.90. The van der Waals surface area contributed by atoms with Crippen LogP contribution in [0, 0.1) is 27.7 Å². The molecule has 7 heteroatoms. The van der Waals surface area contributed by atoms with Gasteiger partial charge in [-0.05, 0) is 56.5 Å². The number of carbonyl (C=O) groups excluding carboxylic acids is 1. The molecule has 4 rings (SSSR count). The summed E-state index contributed by atoms with van der Waals surface area (Å²) in [5.74, 6) is -0.284. The topological polar surface area (TPSA) is 81.8 Å². The third-order valence-electron chi connectivity index (χ3n) is 5.33. The van der Waals surface area contributed by atoms with E-state index < -0.39 is 0 Å². The lowest BCUT2D eigenvalue weighted by Crippen LogP contribution is -2.28. The highest BCUT2D eigenvalue weighted by atomic mass is 16.2. The average molecular weight is 401 g/mol. The molecule has 0 aliphatic heterocycles. The number of anilines is 1. The normalized spacial score (nSPS) is 11.1. The Balaban J connectivity index is 1.64. The minimum absolute atomic E-state index is 0.121. The molecule has 1 N–H and O–H groups in total. The largest absolute Gasteiger partial charge is 0.324 e. The monoisotopic (exact) mass is 401 g/mol. The van der Waals surface area contributed by atoms with Gasteiger partial charge in [-0.1, -0.05) is 29.8 Å². The van der Waals surface area contributed by atoms with Gasteiger partial charge in [0.15, 0.2) is 5.65 Å².